The average Bonchev–Trinajstić information content (AvgIpc) is 2.70. The van der Waals surface area contributed by atoms with Crippen molar-refractivity contribution < 1.29 is 27.2 Å². The molecular formula is C18H19FN4O5S. The Bertz CT molecular complexity index is 1040. The van der Waals surface area contributed by atoms with Crippen LogP contribution >= 0.6 is 0 Å². The summed E-state index contributed by atoms with van der Waals surface area (Å²) in [6, 6.07) is 10.5. The van der Waals surface area contributed by atoms with Crippen LogP contribution in [-0.2, 0) is 14.8 Å². The Hall–Kier alpha value is -3.31. The molecule has 154 valence electrons. The molecule has 2 aromatic carbocycles. The van der Waals surface area contributed by atoms with Gasteiger partial charge in [0.25, 0.3) is 17.7 Å². The lowest BCUT2D eigenvalue weighted by Gasteiger charge is -2.12. The fourth-order valence-corrected chi connectivity index (χ4v) is 3.10. The minimum atomic E-state index is -3.72. The molecule has 0 aliphatic heterocycles. The van der Waals surface area contributed by atoms with E-state index in [1.54, 1.807) is 0 Å². The van der Waals surface area contributed by atoms with Crippen LogP contribution in [0.5, 0.6) is 0 Å². The number of benzene rings is 2. The molecular weight excluding hydrogens is 403 g/mol. The molecule has 0 atom stereocenters. The summed E-state index contributed by atoms with van der Waals surface area (Å²) >= 11 is 0. The summed E-state index contributed by atoms with van der Waals surface area (Å²) in [4.78, 5) is 35.7. The van der Waals surface area contributed by atoms with Gasteiger partial charge in [-0.1, -0.05) is 18.2 Å². The molecule has 0 saturated carbocycles. The molecule has 0 heterocycles. The van der Waals surface area contributed by atoms with Crippen LogP contribution in [-0.4, -0.2) is 51.1 Å². The largest absolute Gasteiger partial charge is 0.343 e. The molecule has 0 bridgehead atoms. The van der Waals surface area contributed by atoms with Gasteiger partial charge in [0.05, 0.1) is 17.0 Å². The van der Waals surface area contributed by atoms with Crippen LogP contribution in [0.25, 0.3) is 0 Å². The maximum Gasteiger partial charge on any atom is 0.272 e. The third-order valence-corrected chi connectivity index (χ3v) is 5.53. The summed E-state index contributed by atoms with van der Waals surface area (Å²) < 4.78 is 38.8. The number of amides is 3. The van der Waals surface area contributed by atoms with Gasteiger partial charge in [-0.05, 0) is 30.3 Å². The number of hydrogen-bond acceptors (Lipinski definition) is 5. The van der Waals surface area contributed by atoms with Crippen molar-refractivity contribution in [2.45, 2.75) is 4.90 Å². The van der Waals surface area contributed by atoms with E-state index in [1.807, 2.05) is 10.9 Å². The van der Waals surface area contributed by atoms with Gasteiger partial charge in [0.15, 0.2) is 0 Å². The van der Waals surface area contributed by atoms with Crippen LogP contribution in [0.4, 0.5) is 4.39 Å². The Labute approximate surface area is 166 Å². The number of hydrogen-bond donors (Lipinski definition) is 3. The van der Waals surface area contributed by atoms with Crippen LogP contribution in [0.1, 0.15) is 20.7 Å². The second-order valence-electron chi connectivity index (χ2n) is 5.98. The van der Waals surface area contributed by atoms with Crippen LogP contribution in [0.15, 0.2) is 53.4 Å². The minimum Gasteiger partial charge on any atom is -0.343 e. The lowest BCUT2D eigenvalue weighted by Crippen LogP contribution is -2.46. The molecule has 11 heteroatoms. The van der Waals surface area contributed by atoms with Crippen LogP contribution < -0.4 is 16.2 Å². The molecule has 9 nitrogen and oxygen atoms in total. The van der Waals surface area contributed by atoms with Gasteiger partial charge in [-0.3, -0.25) is 25.2 Å². The van der Waals surface area contributed by atoms with E-state index in [-0.39, 0.29) is 16.0 Å². The first kappa shape index (κ1) is 22.0. The van der Waals surface area contributed by atoms with E-state index >= 15 is 0 Å². The topological polar surface area (TPSA) is 125 Å². The van der Waals surface area contributed by atoms with E-state index in [1.165, 1.54) is 56.6 Å². The summed E-state index contributed by atoms with van der Waals surface area (Å²) in [5.41, 5.74) is 3.86. The predicted octanol–water partition coefficient (Wildman–Crippen LogP) is 0.267. The molecule has 2 aromatic rings. The van der Waals surface area contributed by atoms with Crippen molar-refractivity contribution in [2.75, 3.05) is 20.6 Å². The number of carbonyl (C=O) groups excluding carboxylic acids is 3. The van der Waals surface area contributed by atoms with Gasteiger partial charge in [-0.25, -0.2) is 17.1 Å². The van der Waals surface area contributed by atoms with Gasteiger partial charge in [0.1, 0.15) is 5.82 Å². The summed E-state index contributed by atoms with van der Waals surface area (Å²) in [5, 5.41) is 2.30. The quantitative estimate of drug-likeness (QED) is 0.577. The van der Waals surface area contributed by atoms with Crippen molar-refractivity contribution >= 4 is 27.7 Å². The predicted molar refractivity (Wildman–Crippen MR) is 102 cm³/mol. The first-order chi connectivity index (χ1) is 13.6. The maximum absolute atomic E-state index is 13.5. The van der Waals surface area contributed by atoms with Crippen molar-refractivity contribution in [3.63, 3.8) is 0 Å². The van der Waals surface area contributed by atoms with E-state index in [0.29, 0.717) is 0 Å². The Morgan fingerprint density at radius 1 is 0.966 bits per heavy atom. The molecule has 2 rings (SSSR count). The SMILES string of the molecule is CN(C)S(=O)(=O)c1cccc(C(=O)NCC(=O)NNC(=O)c2ccccc2F)c1. The van der Waals surface area contributed by atoms with Gasteiger partial charge in [0.2, 0.25) is 10.0 Å². The molecule has 0 fully saturated rings. The summed E-state index contributed by atoms with van der Waals surface area (Å²) in [6.07, 6.45) is 0. The van der Waals surface area contributed by atoms with Crippen LogP contribution in [0.2, 0.25) is 0 Å². The molecule has 0 saturated heterocycles. The number of hydrazine groups is 1. The fourth-order valence-electron chi connectivity index (χ4n) is 2.15. The third kappa shape index (κ3) is 5.59. The number of nitrogens with zero attached hydrogens (tertiary/aromatic N) is 1. The van der Waals surface area contributed by atoms with E-state index in [4.69, 9.17) is 0 Å². The Kier molecular flexibility index (Phi) is 7.02. The molecule has 3 N–H and O–H groups in total. The fraction of sp³-hybridized carbons (Fsp3) is 0.167. The second kappa shape index (κ2) is 9.26. The second-order valence-corrected chi connectivity index (χ2v) is 8.13. The highest BCUT2D eigenvalue weighted by molar-refractivity contribution is 7.89. The van der Waals surface area contributed by atoms with Crippen molar-refractivity contribution in [3.05, 3.63) is 65.5 Å². The summed E-state index contributed by atoms with van der Waals surface area (Å²) in [7, 11) is -0.990. The molecule has 3 amide bonds. The highest BCUT2D eigenvalue weighted by Crippen LogP contribution is 2.14. The van der Waals surface area contributed by atoms with E-state index in [2.05, 4.69) is 5.32 Å². The van der Waals surface area contributed by atoms with Gasteiger partial charge in [0, 0.05) is 19.7 Å². The highest BCUT2D eigenvalue weighted by Gasteiger charge is 2.19. The summed E-state index contributed by atoms with van der Waals surface area (Å²) in [5.74, 6) is -3.05. The highest BCUT2D eigenvalue weighted by atomic mass is 32.2. The van der Waals surface area contributed by atoms with Crippen LogP contribution in [0, 0.1) is 5.82 Å². The standard InChI is InChI=1S/C18H19FN4O5S/c1-23(2)29(27,28)13-7-5-6-12(10-13)17(25)20-11-16(24)21-22-18(26)14-8-3-4-9-15(14)19/h3-10H,11H2,1-2H3,(H,20,25)(H,21,24)(H,22,26). The van der Waals surface area contributed by atoms with Gasteiger partial charge in [-0.2, -0.15) is 0 Å². The van der Waals surface area contributed by atoms with Crippen molar-refractivity contribution in [3.8, 4) is 0 Å². The van der Waals surface area contributed by atoms with E-state index in [0.717, 1.165) is 10.4 Å². The zero-order valence-corrected chi connectivity index (χ0v) is 16.4. The molecule has 0 aliphatic rings. The van der Waals surface area contributed by atoms with Gasteiger partial charge < -0.3 is 5.32 Å². The normalized spacial score (nSPS) is 11.0. The molecule has 0 spiro atoms. The molecule has 0 unspecified atom stereocenters. The van der Waals surface area contributed by atoms with Crippen molar-refractivity contribution in [2.24, 2.45) is 0 Å². The first-order valence-electron chi connectivity index (χ1n) is 8.27. The Morgan fingerprint density at radius 2 is 1.66 bits per heavy atom. The number of rotatable bonds is 6. The monoisotopic (exact) mass is 422 g/mol. The molecule has 0 radical (unpaired) electrons. The van der Waals surface area contributed by atoms with Crippen molar-refractivity contribution in [1.82, 2.24) is 20.5 Å². The van der Waals surface area contributed by atoms with Gasteiger partial charge in [-0.15, -0.1) is 0 Å². The number of nitrogens with one attached hydrogen (secondary N) is 3. The lowest BCUT2D eigenvalue weighted by molar-refractivity contribution is -0.120. The van der Waals surface area contributed by atoms with Crippen molar-refractivity contribution in [1.29, 1.82) is 0 Å². The first-order valence-corrected chi connectivity index (χ1v) is 9.71. The molecule has 0 aromatic heterocycles. The Morgan fingerprint density at radius 3 is 2.31 bits per heavy atom. The number of sulfonamides is 1. The average molecular weight is 422 g/mol. The Balaban J connectivity index is 1.91. The van der Waals surface area contributed by atoms with E-state index < -0.39 is 40.1 Å². The smallest absolute Gasteiger partial charge is 0.272 e. The maximum atomic E-state index is 13.5. The van der Waals surface area contributed by atoms with Crippen LogP contribution in [0.3, 0.4) is 0 Å². The summed E-state index contributed by atoms with van der Waals surface area (Å²) in [6.45, 7) is -0.499. The van der Waals surface area contributed by atoms with Gasteiger partial charge >= 0.3 is 0 Å². The zero-order chi connectivity index (χ0) is 21.6. The number of halogens is 1. The third-order valence-electron chi connectivity index (χ3n) is 3.72. The number of carbonyl (C=O) groups is 3. The molecule has 29 heavy (non-hydrogen) atoms. The zero-order valence-electron chi connectivity index (χ0n) is 15.6. The minimum absolute atomic E-state index is 0.0381. The lowest BCUT2D eigenvalue weighted by atomic mass is 10.2. The molecule has 0 aliphatic carbocycles. The van der Waals surface area contributed by atoms with E-state index in [9.17, 15) is 27.2 Å².